The predicted molar refractivity (Wildman–Crippen MR) is 68.9 cm³/mol. The van der Waals surface area contributed by atoms with Crippen LogP contribution in [0.4, 0.5) is 0 Å². The number of rotatable bonds is 7. The van der Waals surface area contributed by atoms with Gasteiger partial charge in [-0.25, -0.2) is 0 Å². The SMILES string of the molecule is CC(C)CCNC(=O)COCC1CCNCC1. The number of ether oxygens (including phenoxy) is 1. The Morgan fingerprint density at radius 2 is 2.12 bits per heavy atom. The van der Waals surface area contributed by atoms with Gasteiger partial charge in [0.25, 0.3) is 0 Å². The topological polar surface area (TPSA) is 50.4 Å². The van der Waals surface area contributed by atoms with Crippen LogP contribution in [0.1, 0.15) is 33.1 Å². The van der Waals surface area contributed by atoms with Gasteiger partial charge >= 0.3 is 0 Å². The average Bonchev–Trinajstić information content (AvgIpc) is 2.30. The first-order valence-corrected chi connectivity index (χ1v) is 6.73. The minimum Gasteiger partial charge on any atom is -0.371 e. The molecule has 4 heteroatoms. The number of piperidine rings is 1. The fraction of sp³-hybridized carbons (Fsp3) is 0.923. The molecule has 1 heterocycles. The van der Waals surface area contributed by atoms with Gasteiger partial charge in [0.05, 0.1) is 6.61 Å². The van der Waals surface area contributed by atoms with Gasteiger partial charge in [-0.1, -0.05) is 13.8 Å². The zero-order valence-electron chi connectivity index (χ0n) is 11.1. The maximum atomic E-state index is 11.4. The van der Waals surface area contributed by atoms with Gasteiger partial charge in [-0.15, -0.1) is 0 Å². The van der Waals surface area contributed by atoms with E-state index in [9.17, 15) is 4.79 Å². The van der Waals surface area contributed by atoms with Gasteiger partial charge in [0.2, 0.25) is 5.91 Å². The fourth-order valence-electron chi connectivity index (χ4n) is 1.92. The van der Waals surface area contributed by atoms with Gasteiger partial charge in [0.15, 0.2) is 0 Å². The van der Waals surface area contributed by atoms with Crippen molar-refractivity contribution in [2.24, 2.45) is 11.8 Å². The summed E-state index contributed by atoms with van der Waals surface area (Å²) in [4.78, 5) is 11.4. The van der Waals surface area contributed by atoms with Crippen LogP contribution in [0.2, 0.25) is 0 Å². The molecule has 0 spiro atoms. The molecule has 2 N–H and O–H groups in total. The summed E-state index contributed by atoms with van der Waals surface area (Å²) < 4.78 is 5.45. The maximum absolute atomic E-state index is 11.4. The highest BCUT2D eigenvalue weighted by Gasteiger charge is 2.13. The van der Waals surface area contributed by atoms with Crippen LogP contribution in [0.5, 0.6) is 0 Å². The number of carbonyl (C=O) groups is 1. The molecule has 17 heavy (non-hydrogen) atoms. The lowest BCUT2D eigenvalue weighted by atomic mass is 9.99. The van der Waals surface area contributed by atoms with Crippen LogP contribution >= 0.6 is 0 Å². The van der Waals surface area contributed by atoms with E-state index in [4.69, 9.17) is 4.74 Å². The zero-order valence-corrected chi connectivity index (χ0v) is 11.1. The molecule has 1 amide bonds. The molecule has 0 radical (unpaired) electrons. The van der Waals surface area contributed by atoms with Crippen molar-refractivity contribution in [3.8, 4) is 0 Å². The van der Waals surface area contributed by atoms with Crippen LogP contribution in [0, 0.1) is 11.8 Å². The van der Waals surface area contributed by atoms with E-state index in [1.807, 2.05) is 0 Å². The van der Waals surface area contributed by atoms with Gasteiger partial charge in [0, 0.05) is 6.54 Å². The van der Waals surface area contributed by atoms with Crippen molar-refractivity contribution in [1.82, 2.24) is 10.6 Å². The predicted octanol–water partition coefficient (Wildman–Crippen LogP) is 1.16. The number of hydrogen-bond donors (Lipinski definition) is 2. The van der Waals surface area contributed by atoms with Crippen LogP contribution in [0.15, 0.2) is 0 Å². The molecule has 1 aliphatic heterocycles. The fourth-order valence-corrected chi connectivity index (χ4v) is 1.92. The van der Waals surface area contributed by atoms with Crippen molar-refractivity contribution >= 4 is 5.91 Å². The second-order valence-electron chi connectivity index (χ2n) is 5.24. The first-order chi connectivity index (χ1) is 8.18. The third-order valence-electron chi connectivity index (χ3n) is 3.09. The molecule has 0 aromatic heterocycles. The zero-order chi connectivity index (χ0) is 12.5. The summed E-state index contributed by atoms with van der Waals surface area (Å²) >= 11 is 0. The minimum absolute atomic E-state index is 0.0135. The molecule has 1 fully saturated rings. The second-order valence-corrected chi connectivity index (χ2v) is 5.24. The van der Waals surface area contributed by atoms with Crippen molar-refractivity contribution in [2.45, 2.75) is 33.1 Å². The minimum atomic E-state index is 0.0135. The van der Waals surface area contributed by atoms with E-state index in [0.29, 0.717) is 11.8 Å². The monoisotopic (exact) mass is 242 g/mol. The summed E-state index contributed by atoms with van der Waals surface area (Å²) in [6, 6.07) is 0. The Kier molecular flexibility index (Phi) is 7.21. The van der Waals surface area contributed by atoms with Crippen molar-refractivity contribution in [3.63, 3.8) is 0 Å². The highest BCUT2D eigenvalue weighted by molar-refractivity contribution is 5.77. The van der Waals surface area contributed by atoms with Crippen molar-refractivity contribution in [3.05, 3.63) is 0 Å². The van der Waals surface area contributed by atoms with E-state index in [-0.39, 0.29) is 12.5 Å². The van der Waals surface area contributed by atoms with Crippen LogP contribution < -0.4 is 10.6 Å². The number of amides is 1. The summed E-state index contributed by atoms with van der Waals surface area (Å²) in [6.07, 6.45) is 3.35. The summed E-state index contributed by atoms with van der Waals surface area (Å²) in [7, 11) is 0. The molecular formula is C13H26N2O2. The Bertz CT molecular complexity index is 213. The Labute approximate surface area is 104 Å². The molecule has 0 bridgehead atoms. The van der Waals surface area contributed by atoms with Crippen LogP contribution in [0.25, 0.3) is 0 Å². The normalized spacial score (nSPS) is 17.4. The largest absolute Gasteiger partial charge is 0.371 e. The molecule has 0 aromatic carbocycles. The third-order valence-corrected chi connectivity index (χ3v) is 3.09. The summed E-state index contributed by atoms with van der Waals surface area (Å²) in [5, 5.41) is 6.19. The van der Waals surface area contributed by atoms with E-state index in [2.05, 4.69) is 24.5 Å². The quantitative estimate of drug-likeness (QED) is 0.704. The summed E-state index contributed by atoms with van der Waals surface area (Å²) in [6.45, 7) is 8.15. The lowest BCUT2D eigenvalue weighted by molar-refractivity contribution is -0.126. The molecule has 0 aromatic rings. The highest BCUT2D eigenvalue weighted by atomic mass is 16.5. The Balaban J connectivity index is 1.95. The molecule has 0 aliphatic carbocycles. The molecule has 0 saturated carbocycles. The summed E-state index contributed by atoms with van der Waals surface area (Å²) in [5.74, 6) is 1.27. The molecule has 1 saturated heterocycles. The Morgan fingerprint density at radius 3 is 2.76 bits per heavy atom. The summed E-state index contributed by atoms with van der Waals surface area (Å²) in [5.41, 5.74) is 0. The van der Waals surface area contributed by atoms with E-state index in [1.165, 1.54) is 0 Å². The number of hydrogen-bond acceptors (Lipinski definition) is 3. The van der Waals surface area contributed by atoms with Gasteiger partial charge in [-0.2, -0.15) is 0 Å². The van der Waals surface area contributed by atoms with E-state index >= 15 is 0 Å². The Hall–Kier alpha value is -0.610. The van der Waals surface area contributed by atoms with Crippen LogP contribution in [0.3, 0.4) is 0 Å². The van der Waals surface area contributed by atoms with Crippen molar-refractivity contribution < 1.29 is 9.53 Å². The standard InChI is InChI=1S/C13H26N2O2/c1-11(2)3-8-15-13(16)10-17-9-12-4-6-14-7-5-12/h11-12,14H,3-10H2,1-2H3,(H,15,16). The van der Waals surface area contributed by atoms with E-state index in [1.54, 1.807) is 0 Å². The molecule has 0 atom stereocenters. The van der Waals surface area contributed by atoms with Gasteiger partial charge in [-0.05, 0) is 44.2 Å². The smallest absolute Gasteiger partial charge is 0.245 e. The molecule has 100 valence electrons. The molecule has 1 aliphatic rings. The number of carbonyl (C=O) groups excluding carboxylic acids is 1. The Morgan fingerprint density at radius 1 is 1.41 bits per heavy atom. The third kappa shape index (κ3) is 7.34. The van der Waals surface area contributed by atoms with E-state index in [0.717, 1.165) is 45.5 Å². The lowest BCUT2D eigenvalue weighted by Gasteiger charge is -2.22. The molecular weight excluding hydrogens is 216 g/mol. The highest BCUT2D eigenvalue weighted by Crippen LogP contribution is 2.11. The van der Waals surface area contributed by atoms with Crippen molar-refractivity contribution in [1.29, 1.82) is 0 Å². The molecule has 0 unspecified atom stereocenters. The van der Waals surface area contributed by atoms with Gasteiger partial charge in [-0.3, -0.25) is 4.79 Å². The van der Waals surface area contributed by atoms with Crippen molar-refractivity contribution in [2.75, 3.05) is 32.8 Å². The lowest BCUT2D eigenvalue weighted by Crippen LogP contribution is -2.32. The first-order valence-electron chi connectivity index (χ1n) is 6.73. The van der Waals surface area contributed by atoms with Crippen LogP contribution in [-0.4, -0.2) is 38.8 Å². The van der Waals surface area contributed by atoms with Crippen LogP contribution in [-0.2, 0) is 9.53 Å². The molecule has 4 nitrogen and oxygen atoms in total. The second kappa shape index (κ2) is 8.48. The van der Waals surface area contributed by atoms with Gasteiger partial charge in [0.1, 0.15) is 6.61 Å². The average molecular weight is 242 g/mol. The number of nitrogens with one attached hydrogen (secondary N) is 2. The first kappa shape index (κ1) is 14.5. The van der Waals surface area contributed by atoms with E-state index < -0.39 is 0 Å². The van der Waals surface area contributed by atoms with Gasteiger partial charge < -0.3 is 15.4 Å². The molecule has 1 rings (SSSR count). The maximum Gasteiger partial charge on any atom is 0.245 e.